The van der Waals surface area contributed by atoms with Crippen LogP contribution in [0, 0.1) is 0 Å². The summed E-state index contributed by atoms with van der Waals surface area (Å²) in [5.41, 5.74) is -0.776. The summed E-state index contributed by atoms with van der Waals surface area (Å²) in [7, 11) is 1.44. The molecule has 10 nitrogen and oxygen atoms in total. The molecule has 10 heteroatoms. The van der Waals surface area contributed by atoms with Gasteiger partial charge in [0.15, 0.2) is 0 Å². The number of hydrogen-bond donors (Lipinski definition) is 1. The number of carbonyl (C=O) groups excluding carboxylic acids is 5. The van der Waals surface area contributed by atoms with Crippen LogP contribution >= 0.6 is 0 Å². The third kappa shape index (κ3) is 8.16. The molecule has 0 bridgehead atoms. The van der Waals surface area contributed by atoms with Crippen molar-refractivity contribution in [2.24, 2.45) is 0 Å². The van der Waals surface area contributed by atoms with Gasteiger partial charge in [0.1, 0.15) is 11.6 Å². The van der Waals surface area contributed by atoms with Crippen molar-refractivity contribution in [2.45, 2.75) is 64.5 Å². The highest BCUT2D eigenvalue weighted by Gasteiger charge is 2.33. The number of carbonyl (C=O) groups is 5. The number of nitrogens with zero attached hydrogens (tertiary/aromatic N) is 1. The molecular formula is C17H26N2O8. The largest absolute Gasteiger partial charge is 0.458 e. The molecule has 0 aromatic carbocycles. The first-order valence-electron chi connectivity index (χ1n) is 8.61. The van der Waals surface area contributed by atoms with Crippen LogP contribution in [0.15, 0.2) is 0 Å². The lowest BCUT2D eigenvalue weighted by Crippen LogP contribution is -2.45. The fraction of sp³-hybridized carbons (Fsp3) is 0.706. The van der Waals surface area contributed by atoms with Gasteiger partial charge in [0.2, 0.25) is 5.91 Å². The average Bonchev–Trinajstić information content (AvgIpc) is 2.86. The Balaban J connectivity index is 2.64. The highest BCUT2D eigenvalue weighted by atomic mass is 16.7. The molecule has 1 N–H and O–H groups in total. The maximum atomic E-state index is 12.3. The van der Waals surface area contributed by atoms with E-state index in [1.165, 1.54) is 7.11 Å². The van der Waals surface area contributed by atoms with Crippen molar-refractivity contribution in [3.63, 3.8) is 0 Å². The van der Waals surface area contributed by atoms with Gasteiger partial charge in [-0.2, -0.15) is 0 Å². The lowest BCUT2D eigenvalue weighted by Gasteiger charge is -2.24. The number of rotatable bonds is 9. The quantitative estimate of drug-likeness (QED) is 0.441. The first-order valence-corrected chi connectivity index (χ1v) is 8.61. The number of ether oxygens (including phenoxy) is 2. The Bertz CT molecular complexity index is 580. The minimum absolute atomic E-state index is 0.0117. The summed E-state index contributed by atoms with van der Waals surface area (Å²) in [4.78, 5) is 63.7. The van der Waals surface area contributed by atoms with Gasteiger partial charge in [-0.1, -0.05) is 0 Å². The van der Waals surface area contributed by atoms with Gasteiger partial charge in [0, 0.05) is 26.4 Å². The predicted molar refractivity (Wildman–Crippen MR) is 90.7 cm³/mol. The molecular weight excluding hydrogens is 360 g/mol. The number of esters is 1. The fourth-order valence-corrected chi connectivity index (χ4v) is 2.15. The summed E-state index contributed by atoms with van der Waals surface area (Å²) < 4.78 is 10.1. The number of methoxy groups -OCH3 is 1. The van der Waals surface area contributed by atoms with Crippen LogP contribution in [0.2, 0.25) is 0 Å². The second kappa shape index (κ2) is 10.0. The monoisotopic (exact) mass is 386 g/mol. The van der Waals surface area contributed by atoms with E-state index in [2.05, 4.69) is 5.32 Å². The van der Waals surface area contributed by atoms with Crippen molar-refractivity contribution in [3.05, 3.63) is 0 Å². The van der Waals surface area contributed by atoms with Gasteiger partial charge in [-0.15, -0.1) is 5.06 Å². The topological polar surface area (TPSA) is 128 Å². The van der Waals surface area contributed by atoms with Crippen molar-refractivity contribution in [2.75, 3.05) is 13.7 Å². The molecule has 0 aromatic rings. The van der Waals surface area contributed by atoms with E-state index < -0.39 is 41.3 Å². The molecule has 1 fully saturated rings. The zero-order valence-corrected chi connectivity index (χ0v) is 16.0. The van der Waals surface area contributed by atoms with Gasteiger partial charge in [0.25, 0.3) is 11.8 Å². The third-order valence-electron chi connectivity index (χ3n) is 3.40. The molecule has 1 rings (SSSR count). The summed E-state index contributed by atoms with van der Waals surface area (Å²) in [6, 6.07) is -1.08. The van der Waals surface area contributed by atoms with E-state index in [4.69, 9.17) is 14.3 Å². The number of hydroxylamine groups is 2. The molecule has 1 aliphatic heterocycles. The Morgan fingerprint density at radius 3 is 2.22 bits per heavy atom. The van der Waals surface area contributed by atoms with E-state index in [9.17, 15) is 24.0 Å². The van der Waals surface area contributed by atoms with Gasteiger partial charge < -0.3 is 19.6 Å². The van der Waals surface area contributed by atoms with E-state index in [-0.39, 0.29) is 38.7 Å². The lowest BCUT2D eigenvalue weighted by atomic mass is 10.1. The number of nitrogens with one attached hydrogen (secondary N) is 1. The highest BCUT2D eigenvalue weighted by molar-refractivity contribution is 6.01. The van der Waals surface area contributed by atoms with Crippen molar-refractivity contribution in [1.29, 1.82) is 0 Å². The van der Waals surface area contributed by atoms with E-state index >= 15 is 0 Å². The van der Waals surface area contributed by atoms with Crippen LogP contribution in [-0.2, 0) is 38.3 Å². The summed E-state index contributed by atoms with van der Waals surface area (Å²) in [6.07, 6.45) is -0.393. The van der Waals surface area contributed by atoms with Gasteiger partial charge in [0.05, 0.1) is 13.0 Å². The number of amides is 3. The summed E-state index contributed by atoms with van der Waals surface area (Å²) >= 11 is 0. The molecule has 0 spiro atoms. The van der Waals surface area contributed by atoms with Gasteiger partial charge in [-0.3, -0.25) is 14.4 Å². The first-order chi connectivity index (χ1) is 12.5. The molecule has 1 heterocycles. The van der Waals surface area contributed by atoms with Gasteiger partial charge in [-0.05, 0) is 27.2 Å². The average molecular weight is 386 g/mol. The standard InChI is InChI=1S/C17H26N2O8/c1-17(2,3)26-16(24)11(18-12(20)9-10-25-4)5-8-15(23)27-19-13(21)6-7-14(19)22/h11H,5-10H2,1-4H3,(H,18,20). The maximum absolute atomic E-state index is 12.3. The fourth-order valence-electron chi connectivity index (χ4n) is 2.15. The Hall–Kier alpha value is -2.49. The van der Waals surface area contributed by atoms with E-state index in [1.54, 1.807) is 20.8 Å². The minimum atomic E-state index is -1.08. The van der Waals surface area contributed by atoms with Crippen LogP contribution in [-0.4, -0.2) is 60.1 Å². The molecule has 152 valence electrons. The zero-order chi connectivity index (χ0) is 20.6. The van der Waals surface area contributed by atoms with Crippen LogP contribution in [0.1, 0.15) is 52.9 Å². The molecule has 1 unspecified atom stereocenters. The number of imide groups is 1. The SMILES string of the molecule is COCCC(=O)NC(CCC(=O)ON1C(=O)CCC1=O)C(=O)OC(C)(C)C. The molecule has 1 atom stereocenters. The Labute approximate surface area is 157 Å². The van der Waals surface area contributed by atoms with Crippen LogP contribution in [0.4, 0.5) is 0 Å². The summed E-state index contributed by atoms with van der Waals surface area (Å²) in [5.74, 6) is -3.19. The second-order valence-corrected chi connectivity index (χ2v) is 6.98. The van der Waals surface area contributed by atoms with Crippen molar-refractivity contribution in [1.82, 2.24) is 10.4 Å². The Morgan fingerprint density at radius 1 is 1.11 bits per heavy atom. The van der Waals surface area contributed by atoms with E-state index in [1.807, 2.05) is 0 Å². The van der Waals surface area contributed by atoms with Crippen molar-refractivity contribution >= 4 is 29.7 Å². The summed E-state index contributed by atoms with van der Waals surface area (Å²) in [6.45, 7) is 5.20. The molecule has 0 saturated carbocycles. The smallest absolute Gasteiger partial charge is 0.333 e. The van der Waals surface area contributed by atoms with Crippen LogP contribution < -0.4 is 5.32 Å². The molecule has 0 aromatic heterocycles. The number of hydrogen-bond acceptors (Lipinski definition) is 8. The second-order valence-electron chi connectivity index (χ2n) is 6.98. The van der Waals surface area contributed by atoms with Crippen molar-refractivity contribution in [3.8, 4) is 0 Å². The highest BCUT2D eigenvalue weighted by Crippen LogP contribution is 2.15. The lowest BCUT2D eigenvalue weighted by molar-refractivity contribution is -0.197. The van der Waals surface area contributed by atoms with E-state index in [0.29, 0.717) is 5.06 Å². The molecule has 0 aliphatic carbocycles. The Kier molecular flexibility index (Phi) is 8.35. The molecule has 1 saturated heterocycles. The van der Waals surface area contributed by atoms with Crippen molar-refractivity contribution < 1.29 is 38.3 Å². The molecule has 3 amide bonds. The zero-order valence-electron chi connectivity index (χ0n) is 16.0. The van der Waals surface area contributed by atoms with Crippen LogP contribution in [0.5, 0.6) is 0 Å². The first kappa shape index (κ1) is 22.6. The Morgan fingerprint density at radius 2 is 1.70 bits per heavy atom. The minimum Gasteiger partial charge on any atom is -0.458 e. The van der Waals surface area contributed by atoms with Gasteiger partial charge >= 0.3 is 11.9 Å². The van der Waals surface area contributed by atoms with E-state index in [0.717, 1.165) is 0 Å². The third-order valence-corrected chi connectivity index (χ3v) is 3.40. The summed E-state index contributed by atoms with van der Waals surface area (Å²) in [5, 5.41) is 2.92. The maximum Gasteiger partial charge on any atom is 0.333 e. The van der Waals surface area contributed by atoms with Crippen LogP contribution in [0.25, 0.3) is 0 Å². The van der Waals surface area contributed by atoms with Crippen LogP contribution in [0.3, 0.4) is 0 Å². The molecule has 0 radical (unpaired) electrons. The predicted octanol–water partition coefficient (Wildman–Crippen LogP) is 0.237. The molecule has 1 aliphatic rings. The van der Waals surface area contributed by atoms with Gasteiger partial charge in [-0.25, -0.2) is 9.59 Å². The normalized spacial score (nSPS) is 15.5. The molecule has 27 heavy (non-hydrogen) atoms.